The molecule has 0 aromatic carbocycles. The van der Waals surface area contributed by atoms with Gasteiger partial charge in [-0.1, -0.05) is 15.9 Å². The van der Waals surface area contributed by atoms with E-state index in [2.05, 4.69) is 21.2 Å². The molecule has 0 spiro atoms. The summed E-state index contributed by atoms with van der Waals surface area (Å²) in [5, 5.41) is 2.82. The number of hydrogen-bond donors (Lipinski definition) is 1. The lowest BCUT2D eigenvalue weighted by molar-refractivity contribution is -0.120. The molecule has 0 aromatic heterocycles. The number of halogens is 1. The summed E-state index contributed by atoms with van der Waals surface area (Å²) >= 11 is 3.40. The first kappa shape index (κ1) is 9.71. The minimum atomic E-state index is 0.0907. The molecular formula is C8H12BrNO2. The van der Waals surface area contributed by atoms with Gasteiger partial charge in [-0.15, -0.1) is 0 Å². The van der Waals surface area contributed by atoms with Crippen molar-refractivity contribution < 1.29 is 9.59 Å². The molecular weight excluding hydrogens is 222 g/mol. The maximum atomic E-state index is 10.8. The SMILES string of the molecule is CC(=O)CC(Br)C1CCC(=O)N1. The Morgan fingerprint density at radius 1 is 1.83 bits per heavy atom. The number of carbonyl (C=O) groups excluding carboxylic acids is 2. The number of Topliss-reactive ketones (excluding diaryl/α,β-unsaturated/α-hetero) is 1. The Morgan fingerprint density at radius 3 is 2.92 bits per heavy atom. The molecule has 1 N–H and O–H groups in total. The van der Waals surface area contributed by atoms with Gasteiger partial charge in [-0.3, -0.25) is 9.59 Å². The van der Waals surface area contributed by atoms with Crippen molar-refractivity contribution in [2.75, 3.05) is 0 Å². The fraction of sp³-hybridized carbons (Fsp3) is 0.750. The molecule has 1 aliphatic heterocycles. The van der Waals surface area contributed by atoms with E-state index in [1.54, 1.807) is 6.92 Å². The summed E-state index contributed by atoms with van der Waals surface area (Å²) in [6.45, 7) is 1.56. The molecule has 1 aliphatic rings. The summed E-state index contributed by atoms with van der Waals surface area (Å²) in [4.78, 5) is 21.7. The number of hydrogen-bond acceptors (Lipinski definition) is 2. The molecule has 0 bridgehead atoms. The van der Waals surface area contributed by atoms with Crippen LogP contribution in [0, 0.1) is 0 Å². The fourth-order valence-electron chi connectivity index (χ4n) is 1.33. The van der Waals surface area contributed by atoms with Crippen molar-refractivity contribution in [3.63, 3.8) is 0 Å². The zero-order valence-corrected chi connectivity index (χ0v) is 8.56. The maximum Gasteiger partial charge on any atom is 0.220 e. The molecule has 1 amide bonds. The molecule has 0 aliphatic carbocycles. The topological polar surface area (TPSA) is 46.2 Å². The molecule has 1 saturated heterocycles. The van der Waals surface area contributed by atoms with E-state index in [-0.39, 0.29) is 22.6 Å². The fourth-order valence-corrected chi connectivity index (χ4v) is 2.18. The number of alkyl halides is 1. The number of carbonyl (C=O) groups is 2. The van der Waals surface area contributed by atoms with Crippen LogP contribution in [-0.4, -0.2) is 22.6 Å². The monoisotopic (exact) mass is 233 g/mol. The van der Waals surface area contributed by atoms with E-state index in [1.165, 1.54) is 0 Å². The maximum absolute atomic E-state index is 10.8. The van der Waals surface area contributed by atoms with E-state index in [1.807, 2.05) is 0 Å². The minimum absolute atomic E-state index is 0.0907. The smallest absolute Gasteiger partial charge is 0.220 e. The van der Waals surface area contributed by atoms with Crippen LogP contribution >= 0.6 is 15.9 Å². The average molecular weight is 234 g/mol. The summed E-state index contributed by atoms with van der Waals surface area (Å²) in [5.41, 5.74) is 0. The van der Waals surface area contributed by atoms with Gasteiger partial charge in [0, 0.05) is 23.7 Å². The van der Waals surface area contributed by atoms with Crippen LogP contribution in [0.5, 0.6) is 0 Å². The zero-order chi connectivity index (χ0) is 9.14. The van der Waals surface area contributed by atoms with Gasteiger partial charge in [0.1, 0.15) is 5.78 Å². The van der Waals surface area contributed by atoms with Crippen LogP contribution in [0.3, 0.4) is 0 Å². The molecule has 2 atom stereocenters. The minimum Gasteiger partial charge on any atom is -0.352 e. The van der Waals surface area contributed by atoms with Gasteiger partial charge in [0.05, 0.1) is 0 Å². The predicted molar refractivity (Wildman–Crippen MR) is 49.2 cm³/mol. The summed E-state index contributed by atoms with van der Waals surface area (Å²) in [6, 6.07) is 0.140. The van der Waals surface area contributed by atoms with Crippen LogP contribution in [-0.2, 0) is 9.59 Å². The Bertz CT molecular complexity index is 205. The highest BCUT2D eigenvalue weighted by Crippen LogP contribution is 2.19. The second-order valence-electron chi connectivity index (χ2n) is 3.13. The Labute approximate surface area is 80.0 Å². The third-order valence-electron chi connectivity index (χ3n) is 1.95. The predicted octanol–water partition coefficient (Wildman–Crippen LogP) is 1.01. The van der Waals surface area contributed by atoms with E-state index in [4.69, 9.17) is 0 Å². The van der Waals surface area contributed by atoms with Gasteiger partial charge in [0.15, 0.2) is 0 Å². The lowest BCUT2D eigenvalue weighted by Gasteiger charge is -2.15. The van der Waals surface area contributed by atoms with E-state index < -0.39 is 0 Å². The molecule has 1 rings (SSSR count). The number of ketones is 1. The molecule has 0 aromatic rings. The molecule has 1 fully saturated rings. The Hall–Kier alpha value is -0.380. The Morgan fingerprint density at radius 2 is 2.50 bits per heavy atom. The first-order chi connectivity index (χ1) is 5.59. The molecule has 12 heavy (non-hydrogen) atoms. The third kappa shape index (κ3) is 2.59. The molecule has 0 radical (unpaired) electrons. The van der Waals surface area contributed by atoms with Crippen LogP contribution in [0.15, 0.2) is 0 Å². The highest BCUT2D eigenvalue weighted by Gasteiger charge is 2.27. The largest absolute Gasteiger partial charge is 0.352 e. The van der Waals surface area contributed by atoms with Gasteiger partial charge in [0.2, 0.25) is 5.91 Å². The molecule has 68 valence electrons. The molecule has 3 nitrogen and oxygen atoms in total. The van der Waals surface area contributed by atoms with Gasteiger partial charge >= 0.3 is 0 Å². The lowest BCUT2D eigenvalue weighted by atomic mass is 10.1. The van der Waals surface area contributed by atoms with Crippen LogP contribution in [0.4, 0.5) is 0 Å². The van der Waals surface area contributed by atoms with Crippen molar-refractivity contribution >= 4 is 27.6 Å². The van der Waals surface area contributed by atoms with E-state index in [0.717, 1.165) is 6.42 Å². The number of amides is 1. The summed E-state index contributed by atoms with van der Waals surface area (Å²) < 4.78 is 0. The van der Waals surface area contributed by atoms with Crippen molar-refractivity contribution in [3.05, 3.63) is 0 Å². The summed E-state index contributed by atoms with van der Waals surface area (Å²) in [7, 11) is 0. The van der Waals surface area contributed by atoms with Crippen LogP contribution < -0.4 is 5.32 Å². The first-order valence-corrected chi connectivity index (χ1v) is 4.94. The van der Waals surface area contributed by atoms with Crippen molar-refractivity contribution in [1.29, 1.82) is 0 Å². The van der Waals surface area contributed by atoms with Gasteiger partial charge < -0.3 is 5.32 Å². The van der Waals surface area contributed by atoms with Crippen molar-refractivity contribution in [2.45, 2.75) is 37.1 Å². The zero-order valence-electron chi connectivity index (χ0n) is 6.97. The average Bonchev–Trinajstić information content (AvgIpc) is 2.34. The molecule has 2 unspecified atom stereocenters. The number of rotatable bonds is 3. The van der Waals surface area contributed by atoms with Crippen LogP contribution in [0.2, 0.25) is 0 Å². The Kier molecular flexibility index (Phi) is 3.26. The second kappa shape index (κ2) is 4.03. The highest BCUT2D eigenvalue weighted by atomic mass is 79.9. The van der Waals surface area contributed by atoms with Gasteiger partial charge in [-0.25, -0.2) is 0 Å². The van der Waals surface area contributed by atoms with Gasteiger partial charge in [-0.2, -0.15) is 0 Å². The summed E-state index contributed by atoms with van der Waals surface area (Å²) in [6.07, 6.45) is 1.91. The van der Waals surface area contributed by atoms with Crippen LogP contribution in [0.25, 0.3) is 0 Å². The molecule has 4 heteroatoms. The standard InChI is InChI=1S/C8H12BrNO2/c1-5(11)4-6(9)7-2-3-8(12)10-7/h6-7H,2-4H2,1H3,(H,10,12). The van der Waals surface area contributed by atoms with E-state index in [9.17, 15) is 9.59 Å². The quantitative estimate of drug-likeness (QED) is 0.740. The lowest BCUT2D eigenvalue weighted by Crippen LogP contribution is -2.34. The molecule has 1 heterocycles. The normalized spacial score (nSPS) is 25.2. The second-order valence-corrected chi connectivity index (χ2v) is 4.31. The van der Waals surface area contributed by atoms with Crippen molar-refractivity contribution in [2.24, 2.45) is 0 Å². The van der Waals surface area contributed by atoms with Crippen molar-refractivity contribution in [3.8, 4) is 0 Å². The van der Waals surface area contributed by atoms with E-state index >= 15 is 0 Å². The Balaban J connectivity index is 2.37. The molecule has 0 saturated carbocycles. The van der Waals surface area contributed by atoms with Crippen molar-refractivity contribution in [1.82, 2.24) is 5.32 Å². The first-order valence-electron chi connectivity index (χ1n) is 4.02. The van der Waals surface area contributed by atoms with Crippen LogP contribution in [0.1, 0.15) is 26.2 Å². The van der Waals surface area contributed by atoms with Gasteiger partial charge in [-0.05, 0) is 13.3 Å². The highest BCUT2D eigenvalue weighted by molar-refractivity contribution is 9.09. The van der Waals surface area contributed by atoms with E-state index in [0.29, 0.717) is 12.8 Å². The third-order valence-corrected chi connectivity index (χ3v) is 2.91. The summed E-state index contributed by atoms with van der Waals surface area (Å²) in [5.74, 6) is 0.242. The number of nitrogens with one attached hydrogen (secondary N) is 1. The van der Waals surface area contributed by atoms with Gasteiger partial charge in [0.25, 0.3) is 0 Å².